The molecule has 0 amide bonds. The molecule has 0 fully saturated rings. The van der Waals surface area contributed by atoms with Crippen LogP contribution < -0.4 is 0 Å². The van der Waals surface area contributed by atoms with Gasteiger partial charge in [0.25, 0.3) is 0 Å². The lowest BCUT2D eigenvalue weighted by Crippen LogP contribution is -2.42. The molecule has 0 aromatic carbocycles. The Bertz CT molecular complexity index is 178. The van der Waals surface area contributed by atoms with Crippen molar-refractivity contribution in [2.45, 2.75) is 25.1 Å². The Kier molecular flexibility index (Phi) is 2.85. The SMILES string of the molecule is CO[C@@H]1C=C[C@@](OC)([C@@H](C)O)O1. The van der Waals surface area contributed by atoms with Crippen LogP contribution in [0, 0.1) is 0 Å². The minimum Gasteiger partial charge on any atom is -0.387 e. The molecule has 1 N–H and O–H groups in total. The van der Waals surface area contributed by atoms with Crippen molar-refractivity contribution in [1.29, 1.82) is 0 Å². The Morgan fingerprint density at radius 1 is 1.58 bits per heavy atom. The van der Waals surface area contributed by atoms with E-state index in [-0.39, 0.29) is 0 Å². The second-order valence-corrected chi connectivity index (χ2v) is 2.68. The molecular formula is C8H14O4. The molecule has 1 rings (SSSR count). The van der Waals surface area contributed by atoms with Gasteiger partial charge in [-0.1, -0.05) is 0 Å². The highest BCUT2D eigenvalue weighted by Crippen LogP contribution is 2.27. The van der Waals surface area contributed by atoms with Gasteiger partial charge in [-0.2, -0.15) is 0 Å². The fourth-order valence-corrected chi connectivity index (χ4v) is 1.12. The molecule has 0 saturated carbocycles. The standard InChI is InChI=1S/C8H14O4/c1-6(9)8(11-3)5-4-7(10-2)12-8/h4-7,9H,1-3H3/t6-,7+,8+/m1/s1. The fourth-order valence-electron chi connectivity index (χ4n) is 1.12. The summed E-state index contributed by atoms with van der Waals surface area (Å²) in [6, 6.07) is 0. The molecule has 3 atom stereocenters. The first-order valence-electron chi connectivity index (χ1n) is 3.78. The summed E-state index contributed by atoms with van der Waals surface area (Å²) in [6.45, 7) is 1.60. The summed E-state index contributed by atoms with van der Waals surface area (Å²) >= 11 is 0. The fraction of sp³-hybridized carbons (Fsp3) is 0.750. The van der Waals surface area contributed by atoms with Gasteiger partial charge in [-0.3, -0.25) is 0 Å². The first-order valence-corrected chi connectivity index (χ1v) is 3.78. The van der Waals surface area contributed by atoms with Crippen molar-refractivity contribution in [2.75, 3.05) is 14.2 Å². The van der Waals surface area contributed by atoms with Gasteiger partial charge in [-0.15, -0.1) is 0 Å². The molecule has 0 aromatic rings. The Balaban J connectivity index is 2.68. The summed E-state index contributed by atoms with van der Waals surface area (Å²) in [5, 5.41) is 9.36. The number of aliphatic hydroxyl groups excluding tert-OH is 1. The highest BCUT2D eigenvalue weighted by Gasteiger charge is 2.40. The van der Waals surface area contributed by atoms with Crippen LogP contribution >= 0.6 is 0 Å². The molecule has 0 saturated heterocycles. The summed E-state index contributed by atoms with van der Waals surface area (Å²) < 4.78 is 15.3. The lowest BCUT2D eigenvalue weighted by molar-refractivity contribution is -0.275. The van der Waals surface area contributed by atoms with Crippen LogP contribution in [0.25, 0.3) is 0 Å². The summed E-state index contributed by atoms with van der Waals surface area (Å²) in [5.41, 5.74) is 0. The normalized spacial score (nSPS) is 37.2. The molecule has 0 unspecified atom stereocenters. The van der Waals surface area contributed by atoms with E-state index in [4.69, 9.17) is 14.2 Å². The van der Waals surface area contributed by atoms with Crippen molar-refractivity contribution in [2.24, 2.45) is 0 Å². The highest BCUT2D eigenvalue weighted by atomic mass is 16.8. The van der Waals surface area contributed by atoms with E-state index >= 15 is 0 Å². The van der Waals surface area contributed by atoms with Gasteiger partial charge in [0.1, 0.15) is 6.10 Å². The zero-order chi connectivity index (χ0) is 9.19. The Morgan fingerprint density at radius 3 is 2.50 bits per heavy atom. The van der Waals surface area contributed by atoms with Gasteiger partial charge in [0, 0.05) is 14.2 Å². The predicted octanol–water partition coefficient (Wildman–Crippen LogP) is 0.269. The van der Waals surface area contributed by atoms with Gasteiger partial charge in [0.15, 0.2) is 6.29 Å². The van der Waals surface area contributed by atoms with E-state index in [0.29, 0.717) is 0 Å². The van der Waals surface area contributed by atoms with Crippen molar-refractivity contribution in [1.82, 2.24) is 0 Å². The van der Waals surface area contributed by atoms with Crippen molar-refractivity contribution in [3.63, 3.8) is 0 Å². The molecule has 1 aliphatic rings. The van der Waals surface area contributed by atoms with E-state index in [0.717, 1.165) is 0 Å². The summed E-state index contributed by atoms with van der Waals surface area (Å²) in [6.07, 6.45) is 2.21. The molecule has 1 aliphatic heterocycles. The Hall–Kier alpha value is -0.420. The van der Waals surface area contributed by atoms with Gasteiger partial charge in [-0.25, -0.2) is 0 Å². The topological polar surface area (TPSA) is 47.9 Å². The summed E-state index contributed by atoms with van der Waals surface area (Å²) in [5.74, 6) is -1.04. The number of hydrogen-bond acceptors (Lipinski definition) is 4. The number of aliphatic hydroxyl groups is 1. The largest absolute Gasteiger partial charge is 0.387 e. The van der Waals surface area contributed by atoms with Crippen LogP contribution in [0.5, 0.6) is 0 Å². The van der Waals surface area contributed by atoms with Crippen molar-refractivity contribution in [3.05, 3.63) is 12.2 Å². The molecule has 0 bridgehead atoms. The maximum Gasteiger partial charge on any atom is 0.217 e. The monoisotopic (exact) mass is 174 g/mol. The molecule has 0 radical (unpaired) electrons. The molecular weight excluding hydrogens is 160 g/mol. The van der Waals surface area contributed by atoms with Crippen molar-refractivity contribution < 1.29 is 19.3 Å². The average molecular weight is 174 g/mol. The van der Waals surface area contributed by atoms with E-state index in [1.807, 2.05) is 0 Å². The molecule has 4 nitrogen and oxygen atoms in total. The third-order valence-electron chi connectivity index (χ3n) is 1.92. The van der Waals surface area contributed by atoms with Crippen LogP contribution in [-0.2, 0) is 14.2 Å². The van der Waals surface area contributed by atoms with E-state index in [2.05, 4.69) is 0 Å². The third kappa shape index (κ3) is 1.51. The lowest BCUT2D eigenvalue weighted by Gasteiger charge is -2.29. The minimum absolute atomic E-state index is 0.431. The first kappa shape index (κ1) is 9.67. The Morgan fingerprint density at radius 2 is 2.25 bits per heavy atom. The zero-order valence-corrected chi connectivity index (χ0v) is 7.48. The van der Waals surface area contributed by atoms with E-state index < -0.39 is 18.2 Å². The van der Waals surface area contributed by atoms with Gasteiger partial charge >= 0.3 is 0 Å². The highest BCUT2D eigenvalue weighted by molar-refractivity contribution is 5.07. The smallest absolute Gasteiger partial charge is 0.217 e. The number of methoxy groups -OCH3 is 2. The van der Waals surface area contributed by atoms with Gasteiger partial charge in [-0.05, 0) is 19.1 Å². The van der Waals surface area contributed by atoms with Crippen LogP contribution in [0.15, 0.2) is 12.2 Å². The molecule has 1 heterocycles. The summed E-state index contributed by atoms with van der Waals surface area (Å²) in [4.78, 5) is 0. The van der Waals surface area contributed by atoms with Crippen LogP contribution in [0.2, 0.25) is 0 Å². The van der Waals surface area contributed by atoms with Crippen LogP contribution in [0.1, 0.15) is 6.92 Å². The van der Waals surface area contributed by atoms with Gasteiger partial charge in [0.05, 0.1) is 0 Å². The zero-order valence-electron chi connectivity index (χ0n) is 7.48. The molecule has 70 valence electrons. The maximum atomic E-state index is 9.36. The second-order valence-electron chi connectivity index (χ2n) is 2.68. The first-order chi connectivity index (χ1) is 5.64. The predicted molar refractivity (Wildman–Crippen MR) is 42.4 cm³/mol. The second kappa shape index (κ2) is 3.53. The van der Waals surface area contributed by atoms with Crippen LogP contribution in [-0.4, -0.2) is 37.5 Å². The van der Waals surface area contributed by atoms with E-state index in [9.17, 15) is 5.11 Å². The Labute approximate surface area is 71.7 Å². The van der Waals surface area contributed by atoms with Crippen molar-refractivity contribution in [3.8, 4) is 0 Å². The molecule has 0 aromatic heterocycles. The van der Waals surface area contributed by atoms with Crippen molar-refractivity contribution >= 4 is 0 Å². The van der Waals surface area contributed by atoms with Crippen LogP contribution in [0.4, 0.5) is 0 Å². The molecule has 4 heteroatoms. The van der Waals surface area contributed by atoms with Gasteiger partial charge < -0.3 is 19.3 Å². The number of rotatable bonds is 3. The number of ether oxygens (including phenoxy) is 3. The van der Waals surface area contributed by atoms with E-state index in [1.165, 1.54) is 14.2 Å². The van der Waals surface area contributed by atoms with Crippen LogP contribution in [0.3, 0.4) is 0 Å². The molecule has 0 spiro atoms. The quantitative estimate of drug-likeness (QED) is 0.624. The van der Waals surface area contributed by atoms with Gasteiger partial charge in [0.2, 0.25) is 5.79 Å². The van der Waals surface area contributed by atoms with E-state index in [1.54, 1.807) is 19.1 Å². The summed E-state index contributed by atoms with van der Waals surface area (Å²) in [7, 11) is 3.01. The minimum atomic E-state index is -1.04. The maximum absolute atomic E-state index is 9.36. The molecule has 12 heavy (non-hydrogen) atoms. The molecule has 0 aliphatic carbocycles. The third-order valence-corrected chi connectivity index (χ3v) is 1.92. The number of hydrogen-bond donors (Lipinski definition) is 1. The lowest BCUT2D eigenvalue weighted by atomic mass is 10.2. The average Bonchev–Trinajstić information content (AvgIpc) is 2.48.